The summed E-state index contributed by atoms with van der Waals surface area (Å²) in [4.78, 5) is 4.75. The molecule has 0 spiro atoms. The first-order chi connectivity index (χ1) is 8.20. The van der Waals surface area contributed by atoms with Crippen LogP contribution >= 0.6 is 15.9 Å². The van der Waals surface area contributed by atoms with Gasteiger partial charge in [-0.2, -0.15) is 0 Å². The van der Waals surface area contributed by atoms with Crippen LogP contribution in [0.1, 0.15) is 40.2 Å². The second kappa shape index (κ2) is 4.37. The fraction of sp³-hybridized carbons (Fsp3) is 0.533. The van der Waals surface area contributed by atoms with Crippen molar-refractivity contribution in [3.63, 3.8) is 0 Å². The molecule has 98 valence electrons. The summed E-state index contributed by atoms with van der Waals surface area (Å²) in [5.74, 6) is 0.893. The molecule has 0 saturated carbocycles. The molecule has 1 aliphatic rings. The van der Waals surface area contributed by atoms with E-state index in [0.29, 0.717) is 0 Å². The zero-order valence-corrected chi connectivity index (χ0v) is 13.2. The molecule has 2 rings (SSSR count). The number of rotatable bonds is 0. The van der Waals surface area contributed by atoms with Crippen molar-refractivity contribution in [3.05, 3.63) is 28.2 Å². The number of ether oxygens (including phenoxy) is 1. The molecule has 1 unspecified atom stereocenters. The van der Waals surface area contributed by atoms with E-state index in [1.165, 1.54) is 0 Å². The molecular formula is C15H20BrNO. The fourth-order valence-corrected chi connectivity index (χ4v) is 2.98. The zero-order valence-electron chi connectivity index (χ0n) is 11.6. The summed E-state index contributed by atoms with van der Waals surface area (Å²) in [5.41, 5.74) is 0.790. The van der Waals surface area contributed by atoms with Crippen LogP contribution < -0.4 is 4.74 Å². The number of halogens is 1. The molecule has 0 aromatic heterocycles. The van der Waals surface area contributed by atoms with Crippen LogP contribution in [-0.2, 0) is 0 Å². The van der Waals surface area contributed by atoms with Gasteiger partial charge in [0, 0.05) is 16.3 Å². The van der Waals surface area contributed by atoms with E-state index in [1.54, 1.807) is 0 Å². The van der Waals surface area contributed by atoms with Gasteiger partial charge in [0.25, 0.3) is 0 Å². The number of benzene rings is 1. The van der Waals surface area contributed by atoms with Crippen molar-refractivity contribution in [1.29, 1.82) is 0 Å². The Hall–Kier alpha value is -0.830. The van der Waals surface area contributed by atoms with E-state index in [1.807, 2.05) is 24.4 Å². The molecule has 18 heavy (non-hydrogen) atoms. The summed E-state index contributed by atoms with van der Waals surface area (Å²) in [5, 5.41) is 0. The molecule has 1 aromatic rings. The van der Waals surface area contributed by atoms with Crippen LogP contribution in [-0.4, -0.2) is 17.9 Å². The first kappa shape index (κ1) is 13.6. The largest absolute Gasteiger partial charge is 0.485 e. The fourth-order valence-electron chi connectivity index (χ4n) is 2.64. The molecule has 0 radical (unpaired) electrons. The lowest BCUT2D eigenvalue weighted by Crippen LogP contribution is -2.47. The highest BCUT2D eigenvalue weighted by Gasteiger charge is 2.41. The molecule has 1 atom stereocenters. The first-order valence-electron chi connectivity index (χ1n) is 6.22. The first-order valence-corrected chi connectivity index (χ1v) is 7.01. The molecule has 1 aliphatic heterocycles. The summed E-state index contributed by atoms with van der Waals surface area (Å²) < 4.78 is 7.24. The van der Waals surface area contributed by atoms with Gasteiger partial charge < -0.3 is 4.74 Å². The highest BCUT2D eigenvalue weighted by atomic mass is 79.9. The van der Waals surface area contributed by atoms with Crippen molar-refractivity contribution in [3.8, 4) is 5.75 Å². The number of hydrogen-bond donors (Lipinski definition) is 0. The topological polar surface area (TPSA) is 21.6 Å². The second-order valence-corrected chi connectivity index (χ2v) is 7.35. The second-order valence-electron chi connectivity index (χ2n) is 6.43. The Morgan fingerprint density at radius 2 is 1.94 bits per heavy atom. The summed E-state index contributed by atoms with van der Waals surface area (Å²) in [6, 6.07) is 6.17. The Kier molecular flexibility index (Phi) is 3.30. The van der Waals surface area contributed by atoms with Gasteiger partial charge in [0.15, 0.2) is 0 Å². The van der Waals surface area contributed by atoms with Gasteiger partial charge in [-0.25, -0.2) is 0 Å². The molecule has 3 heteroatoms. The molecular weight excluding hydrogens is 290 g/mol. The minimum Gasteiger partial charge on any atom is -0.485 e. The van der Waals surface area contributed by atoms with Crippen molar-refractivity contribution in [1.82, 2.24) is 0 Å². The lowest BCUT2D eigenvalue weighted by atomic mass is 9.78. The van der Waals surface area contributed by atoms with E-state index in [-0.39, 0.29) is 17.1 Å². The monoisotopic (exact) mass is 309 g/mol. The minimum absolute atomic E-state index is 0.0687. The van der Waals surface area contributed by atoms with Crippen LogP contribution in [0.5, 0.6) is 5.75 Å². The molecule has 0 amide bonds. The summed E-state index contributed by atoms with van der Waals surface area (Å²) in [6.07, 6.45) is 1.94. The molecule has 2 nitrogen and oxygen atoms in total. The van der Waals surface area contributed by atoms with Gasteiger partial charge in [-0.05, 0) is 37.5 Å². The smallest absolute Gasteiger partial charge is 0.130 e. The van der Waals surface area contributed by atoms with Crippen molar-refractivity contribution >= 4 is 22.1 Å². The summed E-state index contributed by atoms with van der Waals surface area (Å²) in [6.45, 7) is 10.8. The maximum atomic E-state index is 6.21. The third kappa shape index (κ3) is 2.61. The van der Waals surface area contributed by atoms with Crippen molar-refractivity contribution < 1.29 is 4.74 Å². The molecule has 1 aromatic carbocycles. The van der Waals surface area contributed by atoms with Crippen LogP contribution in [0.15, 0.2) is 27.7 Å². The van der Waals surface area contributed by atoms with Crippen molar-refractivity contribution in [2.24, 2.45) is 10.4 Å². The molecule has 1 heterocycles. The minimum atomic E-state index is -0.319. The number of aliphatic imine (C=N–C) groups is 1. The van der Waals surface area contributed by atoms with Gasteiger partial charge in [-0.15, -0.1) is 0 Å². The standard InChI is InChI=1S/C15H20BrNO/c1-14(2,3)13-15(4,5)18-12-8-11(16)7-6-10(12)9-17-13/h6-9,13H,1-5H3. The van der Waals surface area contributed by atoms with Crippen LogP contribution in [0.2, 0.25) is 0 Å². The van der Waals surface area contributed by atoms with Gasteiger partial charge in [-0.3, -0.25) is 4.99 Å². The predicted octanol–water partition coefficient (Wildman–Crippen LogP) is 4.45. The van der Waals surface area contributed by atoms with E-state index in [4.69, 9.17) is 9.73 Å². The Morgan fingerprint density at radius 3 is 2.56 bits per heavy atom. The van der Waals surface area contributed by atoms with E-state index in [0.717, 1.165) is 15.8 Å². The SMILES string of the molecule is CC(C)(C)C1N=Cc2ccc(Br)cc2OC1(C)C. The molecule has 0 saturated heterocycles. The Bertz CT molecular complexity index is 486. The van der Waals surface area contributed by atoms with Crippen LogP contribution in [0.25, 0.3) is 0 Å². The third-order valence-electron chi connectivity index (χ3n) is 3.19. The van der Waals surface area contributed by atoms with Gasteiger partial charge in [0.05, 0.1) is 6.04 Å². The molecule has 0 bridgehead atoms. The molecule has 0 aliphatic carbocycles. The van der Waals surface area contributed by atoms with Crippen molar-refractivity contribution in [2.45, 2.75) is 46.3 Å². The van der Waals surface area contributed by atoms with Crippen LogP contribution in [0.3, 0.4) is 0 Å². The van der Waals surface area contributed by atoms with Gasteiger partial charge in [0.2, 0.25) is 0 Å². The van der Waals surface area contributed by atoms with Gasteiger partial charge >= 0.3 is 0 Å². The number of fused-ring (bicyclic) bond motifs is 1. The lowest BCUT2D eigenvalue weighted by molar-refractivity contribution is 0.0394. The van der Waals surface area contributed by atoms with E-state index in [9.17, 15) is 0 Å². The Balaban J connectivity index is 2.47. The zero-order chi connectivity index (χ0) is 13.6. The van der Waals surface area contributed by atoms with E-state index >= 15 is 0 Å². The quantitative estimate of drug-likeness (QED) is 0.693. The highest BCUT2D eigenvalue weighted by Crippen LogP contribution is 2.37. The molecule has 0 fully saturated rings. The lowest BCUT2D eigenvalue weighted by Gasteiger charge is -2.39. The maximum Gasteiger partial charge on any atom is 0.130 e. The average molecular weight is 310 g/mol. The van der Waals surface area contributed by atoms with E-state index in [2.05, 4.69) is 50.5 Å². The summed E-state index contributed by atoms with van der Waals surface area (Å²) in [7, 11) is 0. The normalized spacial score (nSPS) is 22.0. The predicted molar refractivity (Wildman–Crippen MR) is 79.7 cm³/mol. The third-order valence-corrected chi connectivity index (χ3v) is 3.68. The molecule has 0 N–H and O–H groups in total. The maximum absolute atomic E-state index is 6.21. The Morgan fingerprint density at radius 1 is 1.28 bits per heavy atom. The highest BCUT2D eigenvalue weighted by molar-refractivity contribution is 9.10. The average Bonchev–Trinajstić information content (AvgIpc) is 2.30. The van der Waals surface area contributed by atoms with E-state index < -0.39 is 0 Å². The van der Waals surface area contributed by atoms with Crippen molar-refractivity contribution in [2.75, 3.05) is 0 Å². The van der Waals surface area contributed by atoms with Gasteiger partial charge in [-0.1, -0.05) is 36.7 Å². The Labute approximate surface area is 118 Å². The van der Waals surface area contributed by atoms with Crippen LogP contribution in [0.4, 0.5) is 0 Å². The summed E-state index contributed by atoms with van der Waals surface area (Å²) >= 11 is 3.48. The number of nitrogens with zero attached hydrogens (tertiary/aromatic N) is 1. The van der Waals surface area contributed by atoms with Crippen LogP contribution in [0, 0.1) is 5.41 Å². The van der Waals surface area contributed by atoms with Gasteiger partial charge in [0.1, 0.15) is 11.4 Å². The number of hydrogen-bond acceptors (Lipinski definition) is 2.